The average molecular weight is 219 g/mol. The highest BCUT2D eigenvalue weighted by atomic mass is 15.2. The second-order valence-corrected chi connectivity index (χ2v) is 5.56. The number of fused-ring (bicyclic) bond motifs is 2. The number of nitrogens with two attached hydrogens (primary N) is 1. The van der Waals surface area contributed by atoms with Crippen LogP contribution >= 0.6 is 0 Å². The Labute approximate surface area is 96.8 Å². The second kappa shape index (κ2) is 3.79. The van der Waals surface area contributed by atoms with E-state index in [1.807, 2.05) is 0 Å². The van der Waals surface area contributed by atoms with Crippen molar-refractivity contribution in [1.29, 1.82) is 0 Å². The SMILES string of the molecule is CCc1c(N)n[nH]c1CC1CC2CCC1C2. The normalized spacial score (nSPS) is 32.4. The second-order valence-electron chi connectivity index (χ2n) is 5.56. The fraction of sp³-hybridized carbons (Fsp3) is 0.769. The fourth-order valence-corrected chi connectivity index (χ4v) is 3.87. The highest BCUT2D eigenvalue weighted by Crippen LogP contribution is 2.49. The zero-order valence-corrected chi connectivity index (χ0v) is 10.00. The Bertz CT molecular complexity index is 383. The molecule has 0 amide bonds. The van der Waals surface area contributed by atoms with Crippen LogP contribution in [0.25, 0.3) is 0 Å². The lowest BCUT2D eigenvalue weighted by atomic mass is 9.85. The van der Waals surface area contributed by atoms with Gasteiger partial charge < -0.3 is 5.73 Å². The van der Waals surface area contributed by atoms with E-state index < -0.39 is 0 Å². The Hall–Kier alpha value is -0.990. The van der Waals surface area contributed by atoms with Crippen molar-refractivity contribution in [2.45, 2.75) is 45.4 Å². The maximum Gasteiger partial charge on any atom is 0.148 e. The molecule has 0 radical (unpaired) electrons. The van der Waals surface area contributed by atoms with Crippen LogP contribution in [0.1, 0.15) is 43.9 Å². The summed E-state index contributed by atoms with van der Waals surface area (Å²) >= 11 is 0. The quantitative estimate of drug-likeness (QED) is 0.820. The molecule has 0 saturated heterocycles. The van der Waals surface area contributed by atoms with E-state index >= 15 is 0 Å². The minimum atomic E-state index is 0.709. The highest BCUT2D eigenvalue weighted by Gasteiger charge is 2.39. The van der Waals surface area contributed by atoms with E-state index in [-0.39, 0.29) is 0 Å². The van der Waals surface area contributed by atoms with Gasteiger partial charge in [-0.25, -0.2) is 0 Å². The first-order valence-electron chi connectivity index (χ1n) is 6.59. The van der Waals surface area contributed by atoms with Gasteiger partial charge in [-0.15, -0.1) is 0 Å². The summed E-state index contributed by atoms with van der Waals surface area (Å²) in [6.07, 6.45) is 8.03. The van der Waals surface area contributed by atoms with Crippen LogP contribution in [-0.2, 0) is 12.8 Å². The van der Waals surface area contributed by atoms with Crippen LogP contribution in [0.3, 0.4) is 0 Å². The Morgan fingerprint density at radius 3 is 2.88 bits per heavy atom. The number of aromatic nitrogens is 2. The molecule has 16 heavy (non-hydrogen) atoms. The minimum Gasteiger partial charge on any atom is -0.382 e. The van der Waals surface area contributed by atoms with Crippen molar-refractivity contribution in [3.8, 4) is 0 Å². The number of nitrogen functional groups attached to an aromatic ring is 1. The maximum atomic E-state index is 5.86. The van der Waals surface area contributed by atoms with Crippen LogP contribution in [0.15, 0.2) is 0 Å². The third-order valence-electron chi connectivity index (χ3n) is 4.69. The Kier molecular flexibility index (Phi) is 2.41. The van der Waals surface area contributed by atoms with Gasteiger partial charge >= 0.3 is 0 Å². The zero-order chi connectivity index (χ0) is 11.1. The van der Waals surface area contributed by atoms with Crippen molar-refractivity contribution in [2.75, 3.05) is 5.73 Å². The summed E-state index contributed by atoms with van der Waals surface area (Å²) in [5, 5.41) is 7.28. The molecule has 1 heterocycles. The number of hydrogen-bond acceptors (Lipinski definition) is 2. The van der Waals surface area contributed by atoms with Gasteiger partial charge in [0.2, 0.25) is 0 Å². The van der Waals surface area contributed by atoms with E-state index in [1.165, 1.54) is 43.4 Å². The highest BCUT2D eigenvalue weighted by molar-refractivity contribution is 5.42. The molecule has 2 aliphatic rings. The summed E-state index contributed by atoms with van der Waals surface area (Å²) in [6.45, 7) is 2.16. The van der Waals surface area contributed by atoms with Crippen LogP contribution in [0, 0.1) is 17.8 Å². The molecule has 3 nitrogen and oxygen atoms in total. The molecule has 3 unspecified atom stereocenters. The molecule has 2 fully saturated rings. The van der Waals surface area contributed by atoms with Crippen molar-refractivity contribution in [2.24, 2.45) is 17.8 Å². The van der Waals surface area contributed by atoms with E-state index in [0.29, 0.717) is 5.82 Å². The molecule has 1 aromatic heterocycles. The number of nitrogens with zero attached hydrogens (tertiary/aromatic N) is 1. The minimum absolute atomic E-state index is 0.709. The number of nitrogens with one attached hydrogen (secondary N) is 1. The Morgan fingerprint density at radius 2 is 2.25 bits per heavy atom. The van der Waals surface area contributed by atoms with Gasteiger partial charge in [-0.05, 0) is 49.9 Å². The van der Waals surface area contributed by atoms with E-state index in [4.69, 9.17) is 5.73 Å². The topological polar surface area (TPSA) is 54.7 Å². The van der Waals surface area contributed by atoms with E-state index in [9.17, 15) is 0 Å². The summed E-state index contributed by atoms with van der Waals surface area (Å²) in [5.74, 6) is 3.61. The van der Waals surface area contributed by atoms with E-state index in [0.717, 1.165) is 24.2 Å². The molecule has 0 aromatic carbocycles. The van der Waals surface area contributed by atoms with Gasteiger partial charge in [-0.1, -0.05) is 13.3 Å². The molecular formula is C13H21N3. The molecule has 1 aromatic rings. The first kappa shape index (κ1) is 10.2. The molecule has 3 rings (SSSR count). The third-order valence-corrected chi connectivity index (χ3v) is 4.69. The number of hydrogen-bond donors (Lipinski definition) is 2. The molecule has 0 aliphatic heterocycles. The molecule has 2 aliphatic carbocycles. The lowest BCUT2D eigenvalue weighted by Crippen LogP contribution is -2.14. The summed E-state index contributed by atoms with van der Waals surface area (Å²) in [4.78, 5) is 0. The summed E-state index contributed by atoms with van der Waals surface area (Å²) in [5.41, 5.74) is 8.42. The smallest absolute Gasteiger partial charge is 0.148 e. The third kappa shape index (κ3) is 1.53. The predicted octanol–water partition coefficient (Wildman–Crippen LogP) is 2.53. The van der Waals surface area contributed by atoms with Gasteiger partial charge in [0.1, 0.15) is 5.82 Å². The summed E-state index contributed by atoms with van der Waals surface area (Å²) < 4.78 is 0. The molecule has 3 N–H and O–H groups in total. The van der Waals surface area contributed by atoms with E-state index in [1.54, 1.807) is 0 Å². The first-order chi connectivity index (χ1) is 7.78. The zero-order valence-electron chi connectivity index (χ0n) is 10.00. The average Bonchev–Trinajstić information content (AvgIpc) is 2.94. The van der Waals surface area contributed by atoms with Crippen molar-refractivity contribution in [3.05, 3.63) is 11.3 Å². The van der Waals surface area contributed by atoms with Gasteiger partial charge in [-0.3, -0.25) is 5.10 Å². The van der Waals surface area contributed by atoms with E-state index in [2.05, 4.69) is 17.1 Å². The maximum absolute atomic E-state index is 5.86. The number of H-pyrrole nitrogens is 1. The van der Waals surface area contributed by atoms with Crippen LogP contribution in [0.4, 0.5) is 5.82 Å². The lowest BCUT2D eigenvalue weighted by molar-refractivity contribution is 0.328. The van der Waals surface area contributed by atoms with Crippen molar-refractivity contribution in [1.82, 2.24) is 10.2 Å². The van der Waals surface area contributed by atoms with Crippen LogP contribution in [-0.4, -0.2) is 10.2 Å². The van der Waals surface area contributed by atoms with Crippen LogP contribution < -0.4 is 5.73 Å². The molecule has 2 bridgehead atoms. The summed E-state index contributed by atoms with van der Waals surface area (Å²) in [6, 6.07) is 0. The predicted molar refractivity (Wildman–Crippen MR) is 65.0 cm³/mol. The van der Waals surface area contributed by atoms with Crippen LogP contribution in [0.2, 0.25) is 0 Å². The molecule has 2 saturated carbocycles. The molecular weight excluding hydrogens is 198 g/mol. The van der Waals surface area contributed by atoms with Gasteiger partial charge in [0, 0.05) is 11.3 Å². The molecule has 3 heteroatoms. The van der Waals surface area contributed by atoms with Crippen molar-refractivity contribution < 1.29 is 0 Å². The van der Waals surface area contributed by atoms with Gasteiger partial charge in [0.15, 0.2) is 0 Å². The fourth-order valence-electron chi connectivity index (χ4n) is 3.87. The molecule has 88 valence electrons. The van der Waals surface area contributed by atoms with Crippen LogP contribution in [0.5, 0.6) is 0 Å². The van der Waals surface area contributed by atoms with Gasteiger partial charge in [0.25, 0.3) is 0 Å². The van der Waals surface area contributed by atoms with Crippen molar-refractivity contribution in [3.63, 3.8) is 0 Å². The molecule has 3 atom stereocenters. The first-order valence-corrected chi connectivity index (χ1v) is 6.59. The molecule has 0 spiro atoms. The number of anilines is 1. The lowest BCUT2D eigenvalue weighted by Gasteiger charge is -2.21. The number of rotatable bonds is 3. The largest absolute Gasteiger partial charge is 0.382 e. The Balaban J connectivity index is 1.74. The van der Waals surface area contributed by atoms with Gasteiger partial charge in [0.05, 0.1) is 0 Å². The van der Waals surface area contributed by atoms with Gasteiger partial charge in [-0.2, -0.15) is 5.10 Å². The monoisotopic (exact) mass is 219 g/mol. The Morgan fingerprint density at radius 1 is 1.38 bits per heavy atom. The standard InChI is InChI=1S/C13H21N3/c1-2-11-12(15-16-13(11)14)7-10-6-8-3-4-9(10)5-8/h8-10H,2-7H2,1H3,(H3,14,15,16). The number of aromatic amines is 1. The van der Waals surface area contributed by atoms with Crippen molar-refractivity contribution >= 4 is 5.82 Å². The summed E-state index contributed by atoms with van der Waals surface area (Å²) in [7, 11) is 0.